The maximum atomic E-state index is 12.6. The number of methoxy groups -OCH3 is 1. The van der Waals surface area contributed by atoms with E-state index in [4.69, 9.17) is 4.74 Å². The minimum atomic E-state index is -3.48. The van der Waals surface area contributed by atoms with Crippen molar-refractivity contribution in [1.29, 1.82) is 0 Å². The summed E-state index contributed by atoms with van der Waals surface area (Å²) < 4.78 is 31.3. The third kappa shape index (κ3) is 4.94. The molecule has 0 fully saturated rings. The first kappa shape index (κ1) is 18.7. The molecule has 0 aliphatic heterocycles. The van der Waals surface area contributed by atoms with Gasteiger partial charge in [0.05, 0.1) is 0 Å². The number of ether oxygens (including phenoxy) is 1. The molecule has 0 aromatic heterocycles. The summed E-state index contributed by atoms with van der Waals surface area (Å²) in [5, 5.41) is 0. The average molecular weight is 411 g/mol. The second-order valence-electron chi connectivity index (χ2n) is 5.20. The summed E-state index contributed by atoms with van der Waals surface area (Å²) in [5.41, 5.74) is 0. The molecule has 0 bridgehead atoms. The molecule has 0 spiro atoms. The maximum absolute atomic E-state index is 12.6. The van der Waals surface area contributed by atoms with Crippen LogP contribution in [0.25, 0.3) is 0 Å². The number of hydrogen-bond donors (Lipinski definition) is 0. The summed E-state index contributed by atoms with van der Waals surface area (Å²) in [4.78, 5) is 12.1. The predicted molar refractivity (Wildman–Crippen MR) is 95.9 cm³/mol. The van der Waals surface area contributed by atoms with Gasteiger partial charge in [0.25, 0.3) is 0 Å². The number of hydrogen-bond acceptors (Lipinski definition) is 4. The van der Waals surface area contributed by atoms with Crippen molar-refractivity contribution in [3.63, 3.8) is 0 Å². The first-order valence-electron chi connectivity index (χ1n) is 7.57. The number of Topliss-reactive ketones (excluding diaryl/α,β-unsaturated/α-hetero) is 1. The van der Waals surface area contributed by atoms with E-state index >= 15 is 0 Å². The normalized spacial score (nSPS) is 12.6. The third-order valence-electron chi connectivity index (χ3n) is 3.52. The van der Waals surface area contributed by atoms with Crippen molar-refractivity contribution >= 4 is 35.0 Å². The van der Waals surface area contributed by atoms with Crippen molar-refractivity contribution in [2.75, 3.05) is 12.9 Å². The van der Waals surface area contributed by atoms with Crippen LogP contribution in [0.3, 0.4) is 0 Å². The van der Waals surface area contributed by atoms with Crippen LogP contribution in [-0.2, 0) is 14.6 Å². The Morgan fingerprint density at radius 3 is 2.25 bits per heavy atom. The Kier molecular flexibility index (Phi) is 6.60. The monoisotopic (exact) mass is 412 g/mol. The number of benzene rings is 2. The standard InChI is InChI=1S/C18H20O4SSe/c1-3-17(19)18(24-16-11-9-14(22-2)10-12-16)13-23(20,21)15-7-5-4-6-8-15/h4-12,18H,3,13H2,1-2H3. The average Bonchev–Trinajstić information content (AvgIpc) is 2.61. The Balaban J connectivity index is 2.20. The fourth-order valence-electron chi connectivity index (χ4n) is 2.16. The molecule has 6 heteroatoms. The summed E-state index contributed by atoms with van der Waals surface area (Å²) in [5.74, 6) is 0.588. The van der Waals surface area contributed by atoms with Crippen LogP contribution in [0.5, 0.6) is 5.75 Å². The van der Waals surface area contributed by atoms with Gasteiger partial charge in [0.1, 0.15) is 0 Å². The fourth-order valence-corrected chi connectivity index (χ4v) is 7.06. The van der Waals surface area contributed by atoms with Crippen molar-refractivity contribution in [3.05, 3.63) is 54.6 Å². The van der Waals surface area contributed by atoms with Crippen LogP contribution in [-0.4, -0.2) is 42.0 Å². The van der Waals surface area contributed by atoms with Gasteiger partial charge in [-0.2, -0.15) is 0 Å². The summed E-state index contributed by atoms with van der Waals surface area (Å²) in [6.45, 7) is 1.77. The Bertz CT molecular complexity index is 770. The molecule has 0 aliphatic rings. The summed E-state index contributed by atoms with van der Waals surface area (Å²) >= 11 is -0.249. The van der Waals surface area contributed by atoms with E-state index in [1.54, 1.807) is 44.4 Å². The zero-order valence-electron chi connectivity index (χ0n) is 13.6. The minimum absolute atomic E-state index is 0.00896. The van der Waals surface area contributed by atoms with E-state index in [9.17, 15) is 13.2 Å². The molecule has 1 unspecified atom stereocenters. The summed E-state index contributed by atoms with van der Waals surface area (Å²) in [7, 11) is -1.88. The number of sulfone groups is 1. The number of ketones is 1. The molecule has 0 aliphatic carbocycles. The zero-order chi connectivity index (χ0) is 17.6. The van der Waals surface area contributed by atoms with Gasteiger partial charge >= 0.3 is 149 Å². The molecule has 0 radical (unpaired) electrons. The van der Waals surface area contributed by atoms with Crippen molar-refractivity contribution in [2.45, 2.75) is 23.1 Å². The molecule has 0 saturated heterocycles. The van der Waals surface area contributed by atoms with Crippen LogP contribution < -0.4 is 9.20 Å². The first-order chi connectivity index (χ1) is 11.5. The van der Waals surface area contributed by atoms with Gasteiger partial charge in [-0.1, -0.05) is 0 Å². The number of rotatable bonds is 8. The SMILES string of the molecule is CCC(=O)C(CS(=O)(=O)c1ccccc1)[Se]c1ccc(OC)cc1. The van der Waals surface area contributed by atoms with E-state index in [-0.39, 0.29) is 31.4 Å². The van der Waals surface area contributed by atoms with Crippen LogP contribution in [0.4, 0.5) is 0 Å². The second-order valence-corrected chi connectivity index (χ2v) is 9.91. The van der Waals surface area contributed by atoms with E-state index in [0.29, 0.717) is 6.42 Å². The van der Waals surface area contributed by atoms with Gasteiger partial charge in [0.2, 0.25) is 0 Å². The number of carbonyl (C=O) groups is 1. The van der Waals surface area contributed by atoms with Crippen molar-refractivity contribution in [2.24, 2.45) is 0 Å². The van der Waals surface area contributed by atoms with Gasteiger partial charge in [-0.25, -0.2) is 0 Å². The molecule has 4 nitrogen and oxygen atoms in total. The molecule has 128 valence electrons. The fraction of sp³-hybridized carbons (Fsp3) is 0.278. The molecule has 2 rings (SSSR count). The van der Waals surface area contributed by atoms with Gasteiger partial charge < -0.3 is 0 Å². The van der Waals surface area contributed by atoms with Crippen LogP contribution in [0, 0.1) is 0 Å². The van der Waals surface area contributed by atoms with Gasteiger partial charge in [-0.05, 0) is 0 Å². The second kappa shape index (κ2) is 8.47. The van der Waals surface area contributed by atoms with Crippen molar-refractivity contribution in [1.82, 2.24) is 0 Å². The molecular weight excluding hydrogens is 391 g/mol. The molecule has 24 heavy (non-hydrogen) atoms. The van der Waals surface area contributed by atoms with Gasteiger partial charge in [-0.15, -0.1) is 0 Å². The first-order valence-corrected chi connectivity index (χ1v) is 11.1. The van der Waals surface area contributed by atoms with E-state index < -0.39 is 14.7 Å². The van der Waals surface area contributed by atoms with Crippen LogP contribution in [0.2, 0.25) is 4.82 Å². The molecular formula is C18H20O4SSe. The molecule has 2 aromatic carbocycles. The summed E-state index contributed by atoms with van der Waals surface area (Å²) in [6, 6.07) is 15.7. The Hall–Kier alpha value is -1.62. The molecule has 0 saturated carbocycles. The van der Waals surface area contributed by atoms with Crippen LogP contribution in [0.15, 0.2) is 59.5 Å². The quantitative estimate of drug-likeness (QED) is 0.626. The Morgan fingerprint density at radius 2 is 1.71 bits per heavy atom. The molecule has 0 N–H and O–H groups in total. The Morgan fingerprint density at radius 1 is 1.08 bits per heavy atom. The molecule has 2 aromatic rings. The van der Waals surface area contributed by atoms with Crippen LogP contribution in [0.1, 0.15) is 13.3 Å². The van der Waals surface area contributed by atoms with E-state index in [2.05, 4.69) is 0 Å². The van der Waals surface area contributed by atoms with E-state index in [0.717, 1.165) is 10.2 Å². The molecule has 0 amide bonds. The third-order valence-corrected chi connectivity index (χ3v) is 8.40. The van der Waals surface area contributed by atoms with Crippen molar-refractivity contribution < 1.29 is 17.9 Å². The van der Waals surface area contributed by atoms with Gasteiger partial charge in [-0.3, -0.25) is 0 Å². The molecule has 0 heterocycles. The van der Waals surface area contributed by atoms with Gasteiger partial charge in [0, 0.05) is 0 Å². The van der Waals surface area contributed by atoms with Crippen LogP contribution >= 0.6 is 0 Å². The van der Waals surface area contributed by atoms with E-state index in [1.165, 1.54) is 0 Å². The molecule has 1 atom stereocenters. The topological polar surface area (TPSA) is 60.4 Å². The van der Waals surface area contributed by atoms with Crippen molar-refractivity contribution in [3.8, 4) is 5.75 Å². The number of carbonyl (C=O) groups excluding carboxylic acids is 1. The van der Waals surface area contributed by atoms with Gasteiger partial charge in [0.15, 0.2) is 0 Å². The Labute approximate surface area is 149 Å². The summed E-state index contributed by atoms with van der Waals surface area (Å²) in [6.07, 6.45) is 0.340. The zero-order valence-corrected chi connectivity index (χ0v) is 16.2. The predicted octanol–water partition coefficient (Wildman–Crippen LogP) is 2.27. The van der Waals surface area contributed by atoms with E-state index in [1.807, 2.05) is 24.3 Å².